The fourth-order valence-electron chi connectivity index (χ4n) is 0.689. The molecule has 0 aromatic heterocycles. The fraction of sp³-hybridized carbons (Fsp3) is 0.500. The van der Waals surface area contributed by atoms with E-state index in [0.29, 0.717) is 0 Å². The van der Waals surface area contributed by atoms with E-state index in [4.69, 9.17) is 11.6 Å². The van der Waals surface area contributed by atoms with Crippen molar-refractivity contribution in [2.45, 2.75) is 18.2 Å². The summed E-state index contributed by atoms with van der Waals surface area (Å²) in [5.74, 6) is 0.0536. The number of halogens is 1. The van der Waals surface area contributed by atoms with Crippen molar-refractivity contribution in [2.24, 2.45) is 0 Å². The molecule has 44 valence electrons. The molecule has 1 aliphatic carbocycles. The molecule has 1 nitrogen and oxygen atoms in total. The van der Waals surface area contributed by atoms with Crippen molar-refractivity contribution >= 4 is 17.4 Å². The van der Waals surface area contributed by atoms with Crippen molar-refractivity contribution in [1.82, 2.24) is 0 Å². The van der Waals surface area contributed by atoms with E-state index in [1.807, 2.05) is 6.08 Å². The zero-order valence-corrected chi connectivity index (χ0v) is 5.19. The van der Waals surface area contributed by atoms with Crippen molar-refractivity contribution in [1.29, 1.82) is 0 Å². The summed E-state index contributed by atoms with van der Waals surface area (Å²) in [6.07, 6.45) is 5.17. The van der Waals surface area contributed by atoms with Crippen LogP contribution in [0.1, 0.15) is 12.8 Å². The van der Waals surface area contributed by atoms with Crippen LogP contribution >= 0.6 is 11.6 Å². The summed E-state index contributed by atoms with van der Waals surface area (Å²) in [5, 5.41) is -0.250. The minimum Gasteiger partial charge on any atom is -0.293 e. The summed E-state index contributed by atoms with van der Waals surface area (Å²) >= 11 is 5.57. The van der Waals surface area contributed by atoms with E-state index in [1.165, 1.54) is 0 Å². The average molecular weight is 131 g/mol. The molecule has 0 radical (unpaired) electrons. The molecule has 0 saturated carbocycles. The first-order chi connectivity index (χ1) is 3.80. The van der Waals surface area contributed by atoms with Crippen LogP contribution in [-0.4, -0.2) is 11.2 Å². The van der Waals surface area contributed by atoms with Crippen LogP contribution < -0.4 is 0 Å². The van der Waals surface area contributed by atoms with Gasteiger partial charge in [0.25, 0.3) is 0 Å². The molecule has 0 heterocycles. The highest BCUT2D eigenvalue weighted by molar-refractivity contribution is 6.33. The van der Waals surface area contributed by atoms with Gasteiger partial charge in [0.15, 0.2) is 5.78 Å². The van der Waals surface area contributed by atoms with Gasteiger partial charge in [-0.1, -0.05) is 6.08 Å². The van der Waals surface area contributed by atoms with Crippen LogP contribution in [0.4, 0.5) is 0 Å². The first-order valence-electron chi connectivity index (χ1n) is 2.65. The Morgan fingerprint density at radius 1 is 1.75 bits per heavy atom. The first kappa shape index (κ1) is 5.83. The molecule has 0 fully saturated rings. The van der Waals surface area contributed by atoms with Crippen LogP contribution in [0.25, 0.3) is 0 Å². The number of hydrogen-bond donors (Lipinski definition) is 0. The van der Waals surface area contributed by atoms with Gasteiger partial charge in [-0.15, -0.1) is 11.6 Å². The molecular formula is C6H7ClO. The molecule has 0 bridgehead atoms. The number of rotatable bonds is 0. The Labute approximate surface area is 53.3 Å². The van der Waals surface area contributed by atoms with Crippen molar-refractivity contribution in [3.8, 4) is 0 Å². The third kappa shape index (κ3) is 1.10. The number of carbonyl (C=O) groups is 1. The van der Waals surface area contributed by atoms with E-state index in [9.17, 15) is 4.79 Å². The van der Waals surface area contributed by atoms with E-state index >= 15 is 0 Å². The number of ketones is 1. The molecule has 0 N–H and O–H groups in total. The highest BCUT2D eigenvalue weighted by Crippen LogP contribution is 2.12. The Balaban J connectivity index is 2.60. The van der Waals surface area contributed by atoms with Crippen LogP contribution in [0.2, 0.25) is 0 Å². The Morgan fingerprint density at radius 2 is 2.50 bits per heavy atom. The van der Waals surface area contributed by atoms with Crippen molar-refractivity contribution < 1.29 is 4.79 Å². The predicted octanol–water partition coefficient (Wildman–Crippen LogP) is 1.51. The molecular weight excluding hydrogens is 124 g/mol. The minimum absolute atomic E-state index is 0.0536. The normalized spacial score (nSPS) is 28.6. The third-order valence-electron chi connectivity index (χ3n) is 1.18. The van der Waals surface area contributed by atoms with Crippen LogP contribution in [0, 0.1) is 0 Å². The van der Waals surface area contributed by atoms with Crippen molar-refractivity contribution in [3.05, 3.63) is 12.2 Å². The molecule has 2 heteroatoms. The van der Waals surface area contributed by atoms with Crippen LogP contribution in [-0.2, 0) is 4.79 Å². The summed E-state index contributed by atoms with van der Waals surface area (Å²) < 4.78 is 0. The number of alkyl halides is 1. The first-order valence-corrected chi connectivity index (χ1v) is 3.09. The molecule has 8 heavy (non-hydrogen) atoms. The molecule has 1 unspecified atom stereocenters. The smallest absolute Gasteiger partial charge is 0.173 e. The topological polar surface area (TPSA) is 17.1 Å². The molecule has 0 aromatic carbocycles. The summed E-state index contributed by atoms with van der Waals surface area (Å²) in [6, 6.07) is 0. The number of carbonyl (C=O) groups excluding carboxylic acids is 1. The van der Waals surface area contributed by atoms with Gasteiger partial charge >= 0.3 is 0 Å². The van der Waals surface area contributed by atoms with Crippen LogP contribution in [0.3, 0.4) is 0 Å². The molecule has 0 aliphatic heterocycles. The van der Waals surface area contributed by atoms with Crippen molar-refractivity contribution in [2.75, 3.05) is 0 Å². The predicted molar refractivity (Wildman–Crippen MR) is 33.0 cm³/mol. The lowest BCUT2D eigenvalue weighted by Gasteiger charge is -2.06. The van der Waals surface area contributed by atoms with E-state index in [-0.39, 0.29) is 11.2 Å². The molecule has 1 aliphatic rings. The molecule has 1 rings (SSSR count). The minimum atomic E-state index is -0.250. The Kier molecular flexibility index (Phi) is 1.69. The standard InChI is InChI=1S/C6H7ClO/c7-5-3-1-2-4-6(5)8/h2,4-5H,1,3H2. The van der Waals surface area contributed by atoms with E-state index < -0.39 is 0 Å². The SMILES string of the molecule is O=C1C=CCCC1Cl. The fourth-order valence-corrected chi connectivity index (χ4v) is 0.887. The quantitative estimate of drug-likeness (QED) is 0.455. The van der Waals surface area contributed by atoms with E-state index in [0.717, 1.165) is 12.8 Å². The third-order valence-corrected chi connectivity index (χ3v) is 1.61. The second kappa shape index (κ2) is 2.31. The molecule has 0 spiro atoms. The van der Waals surface area contributed by atoms with Gasteiger partial charge in [0.1, 0.15) is 0 Å². The van der Waals surface area contributed by atoms with Gasteiger partial charge in [0, 0.05) is 0 Å². The highest BCUT2D eigenvalue weighted by atomic mass is 35.5. The summed E-state index contributed by atoms with van der Waals surface area (Å²) in [6.45, 7) is 0. The van der Waals surface area contributed by atoms with Gasteiger partial charge < -0.3 is 0 Å². The number of hydrogen-bond acceptors (Lipinski definition) is 1. The van der Waals surface area contributed by atoms with Gasteiger partial charge in [-0.3, -0.25) is 4.79 Å². The zero-order chi connectivity index (χ0) is 5.98. The lowest BCUT2D eigenvalue weighted by molar-refractivity contribution is -0.114. The number of allylic oxidation sites excluding steroid dienone is 2. The molecule has 1 atom stereocenters. The van der Waals surface area contributed by atoms with Gasteiger partial charge in [-0.05, 0) is 18.9 Å². The van der Waals surface area contributed by atoms with Crippen LogP contribution in [0.15, 0.2) is 12.2 Å². The Morgan fingerprint density at radius 3 is 2.88 bits per heavy atom. The highest BCUT2D eigenvalue weighted by Gasteiger charge is 2.13. The maximum Gasteiger partial charge on any atom is 0.173 e. The van der Waals surface area contributed by atoms with Gasteiger partial charge in [-0.25, -0.2) is 0 Å². The second-order valence-corrected chi connectivity index (χ2v) is 2.38. The monoisotopic (exact) mass is 130 g/mol. The van der Waals surface area contributed by atoms with Crippen LogP contribution in [0.5, 0.6) is 0 Å². The van der Waals surface area contributed by atoms with Gasteiger partial charge in [0.05, 0.1) is 5.38 Å². The lowest BCUT2D eigenvalue weighted by atomic mass is 10.1. The maximum absolute atomic E-state index is 10.6. The summed E-state index contributed by atoms with van der Waals surface area (Å²) in [4.78, 5) is 10.6. The maximum atomic E-state index is 10.6. The Bertz CT molecular complexity index is 128. The summed E-state index contributed by atoms with van der Waals surface area (Å²) in [7, 11) is 0. The second-order valence-electron chi connectivity index (χ2n) is 1.85. The zero-order valence-electron chi connectivity index (χ0n) is 4.43. The average Bonchev–Trinajstić information content (AvgIpc) is 1.77. The molecule has 0 saturated heterocycles. The lowest BCUT2D eigenvalue weighted by Crippen LogP contribution is -2.13. The van der Waals surface area contributed by atoms with Crippen molar-refractivity contribution in [3.63, 3.8) is 0 Å². The van der Waals surface area contributed by atoms with E-state index in [1.54, 1.807) is 6.08 Å². The molecule has 0 aromatic rings. The summed E-state index contributed by atoms with van der Waals surface area (Å²) in [5.41, 5.74) is 0. The van der Waals surface area contributed by atoms with E-state index in [2.05, 4.69) is 0 Å². The Hall–Kier alpha value is -0.300. The van der Waals surface area contributed by atoms with Gasteiger partial charge in [-0.2, -0.15) is 0 Å². The van der Waals surface area contributed by atoms with Gasteiger partial charge in [0.2, 0.25) is 0 Å². The molecule has 0 amide bonds. The largest absolute Gasteiger partial charge is 0.293 e.